The Kier molecular flexibility index (Phi) is 4.30. The summed E-state index contributed by atoms with van der Waals surface area (Å²) in [5.74, 6) is 1.41. The van der Waals surface area contributed by atoms with E-state index < -0.39 is 0 Å². The molecule has 1 heterocycles. The second kappa shape index (κ2) is 5.95. The van der Waals surface area contributed by atoms with Gasteiger partial charge in [-0.05, 0) is 43.4 Å². The summed E-state index contributed by atoms with van der Waals surface area (Å²) in [6, 6.07) is 4.10. The van der Waals surface area contributed by atoms with Crippen molar-refractivity contribution in [1.29, 1.82) is 0 Å². The molecule has 0 saturated carbocycles. The number of rotatable bonds is 3. The van der Waals surface area contributed by atoms with Gasteiger partial charge in [0.2, 0.25) is 0 Å². The Hall–Kier alpha value is -1.71. The van der Waals surface area contributed by atoms with Crippen LogP contribution in [-0.4, -0.2) is 42.6 Å². The first-order valence-electron chi connectivity index (χ1n) is 6.86. The average Bonchev–Trinajstić information content (AvgIpc) is 2.38. The predicted octanol–water partition coefficient (Wildman–Crippen LogP) is 1.83. The van der Waals surface area contributed by atoms with Crippen LogP contribution in [0, 0.1) is 13.8 Å². The maximum atomic E-state index is 9.75. The SMILES string of the molecule is Cc1cc(CCNC2=NCCCN2C)cc(C)c1O. The fourth-order valence-corrected chi connectivity index (χ4v) is 2.42. The number of aryl methyl sites for hydroxylation is 2. The quantitative estimate of drug-likeness (QED) is 0.872. The van der Waals surface area contributed by atoms with E-state index in [4.69, 9.17) is 0 Å². The van der Waals surface area contributed by atoms with Gasteiger partial charge in [-0.2, -0.15) is 0 Å². The zero-order chi connectivity index (χ0) is 13.8. The topological polar surface area (TPSA) is 47.9 Å². The van der Waals surface area contributed by atoms with Gasteiger partial charge in [-0.1, -0.05) is 12.1 Å². The predicted molar refractivity (Wildman–Crippen MR) is 78.8 cm³/mol. The number of aromatic hydroxyl groups is 1. The summed E-state index contributed by atoms with van der Waals surface area (Å²) < 4.78 is 0. The van der Waals surface area contributed by atoms with Crippen LogP contribution in [0.5, 0.6) is 5.75 Å². The van der Waals surface area contributed by atoms with E-state index in [2.05, 4.69) is 34.4 Å². The monoisotopic (exact) mass is 261 g/mol. The Morgan fingerprint density at radius 3 is 2.63 bits per heavy atom. The molecule has 0 saturated heterocycles. The molecule has 0 unspecified atom stereocenters. The van der Waals surface area contributed by atoms with Crippen LogP contribution in [0.4, 0.5) is 0 Å². The molecule has 0 aromatic heterocycles. The van der Waals surface area contributed by atoms with Gasteiger partial charge >= 0.3 is 0 Å². The Morgan fingerprint density at radius 1 is 1.32 bits per heavy atom. The molecule has 4 nitrogen and oxygen atoms in total. The average molecular weight is 261 g/mol. The van der Waals surface area contributed by atoms with Crippen molar-refractivity contribution in [2.24, 2.45) is 4.99 Å². The van der Waals surface area contributed by atoms with Gasteiger partial charge in [-0.15, -0.1) is 0 Å². The van der Waals surface area contributed by atoms with Crippen molar-refractivity contribution in [3.8, 4) is 5.75 Å². The fraction of sp³-hybridized carbons (Fsp3) is 0.533. The van der Waals surface area contributed by atoms with Gasteiger partial charge in [0.1, 0.15) is 5.75 Å². The molecule has 0 fully saturated rings. The third kappa shape index (κ3) is 3.40. The number of nitrogens with one attached hydrogen (secondary N) is 1. The molecular weight excluding hydrogens is 238 g/mol. The first-order chi connectivity index (χ1) is 9.08. The molecule has 0 amide bonds. The van der Waals surface area contributed by atoms with Crippen molar-refractivity contribution < 1.29 is 5.11 Å². The summed E-state index contributed by atoms with van der Waals surface area (Å²) in [6.07, 6.45) is 2.08. The third-order valence-electron chi connectivity index (χ3n) is 3.52. The minimum absolute atomic E-state index is 0.410. The second-order valence-electron chi connectivity index (χ2n) is 5.24. The Bertz CT molecular complexity index is 459. The molecule has 1 aliphatic heterocycles. The van der Waals surface area contributed by atoms with E-state index in [0.29, 0.717) is 5.75 Å². The highest BCUT2D eigenvalue weighted by atomic mass is 16.3. The molecule has 0 spiro atoms. The number of hydrogen-bond donors (Lipinski definition) is 2. The molecule has 19 heavy (non-hydrogen) atoms. The maximum absolute atomic E-state index is 9.75. The van der Waals surface area contributed by atoms with Crippen molar-refractivity contribution in [1.82, 2.24) is 10.2 Å². The van der Waals surface area contributed by atoms with E-state index in [1.807, 2.05) is 13.8 Å². The summed E-state index contributed by atoms with van der Waals surface area (Å²) in [6.45, 7) is 6.75. The molecule has 2 rings (SSSR count). The van der Waals surface area contributed by atoms with Gasteiger partial charge in [-0.25, -0.2) is 0 Å². The highest BCUT2D eigenvalue weighted by Gasteiger charge is 2.10. The molecule has 0 aliphatic carbocycles. The Labute approximate surface area is 115 Å². The molecule has 0 bridgehead atoms. The normalized spacial score (nSPS) is 15.3. The van der Waals surface area contributed by atoms with Gasteiger partial charge in [-0.3, -0.25) is 4.99 Å². The van der Waals surface area contributed by atoms with Gasteiger partial charge in [0, 0.05) is 26.7 Å². The lowest BCUT2D eigenvalue weighted by atomic mass is 10.0. The highest BCUT2D eigenvalue weighted by Crippen LogP contribution is 2.22. The zero-order valence-corrected chi connectivity index (χ0v) is 12.0. The Morgan fingerprint density at radius 2 is 2.00 bits per heavy atom. The largest absolute Gasteiger partial charge is 0.507 e. The molecule has 1 aliphatic rings. The van der Waals surface area contributed by atoms with Crippen molar-refractivity contribution in [2.75, 3.05) is 26.7 Å². The van der Waals surface area contributed by atoms with Gasteiger partial charge in [0.25, 0.3) is 0 Å². The fourth-order valence-electron chi connectivity index (χ4n) is 2.42. The second-order valence-corrected chi connectivity index (χ2v) is 5.24. The minimum Gasteiger partial charge on any atom is -0.507 e. The molecule has 104 valence electrons. The number of phenols is 1. The van der Waals surface area contributed by atoms with Crippen molar-refractivity contribution >= 4 is 5.96 Å². The Balaban J connectivity index is 1.91. The number of nitrogens with zero attached hydrogens (tertiary/aromatic N) is 2. The summed E-state index contributed by atoms with van der Waals surface area (Å²) in [4.78, 5) is 6.65. The minimum atomic E-state index is 0.410. The molecule has 2 N–H and O–H groups in total. The van der Waals surface area contributed by atoms with Crippen LogP contribution in [0.3, 0.4) is 0 Å². The molecular formula is C15H23N3O. The number of guanidine groups is 1. The lowest BCUT2D eigenvalue weighted by molar-refractivity contribution is 0.446. The zero-order valence-electron chi connectivity index (χ0n) is 12.0. The third-order valence-corrected chi connectivity index (χ3v) is 3.52. The number of aliphatic imine (C=N–C) groups is 1. The lowest BCUT2D eigenvalue weighted by Gasteiger charge is -2.25. The van der Waals surface area contributed by atoms with Crippen molar-refractivity contribution in [3.63, 3.8) is 0 Å². The van der Waals surface area contributed by atoms with Gasteiger partial charge in [0.05, 0.1) is 0 Å². The number of hydrogen-bond acceptors (Lipinski definition) is 4. The first kappa shape index (κ1) is 13.7. The van der Waals surface area contributed by atoms with Crippen LogP contribution in [-0.2, 0) is 6.42 Å². The van der Waals surface area contributed by atoms with Crippen LogP contribution in [0.2, 0.25) is 0 Å². The van der Waals surface area contributed by atoms with E-state index in [9.17, 15) is 5.11 Å². The highest BCUT2D eigenvalue weighted by molar-refractivity contribution is 5.80. The van der Waals surface area contributed by atoms with Crippen LogP contribution in [0.15, 0.2) is 17.1 Å². The van der Waals surface area contributed by atoms with Gasteiger partial charge < -0.3 is 15.3 Å². The van der Waals surface area contributed by atoms with E-state index in [1.165, 1.54) is 5.56 Å². The van der Waals surface area contributed by atoms with E-state index in [0.717, 1.165) is 49.6 Å². The molecule has 0 atom stereocenters. The van der Waals surface area contributed by atoms with Gasteiger partial charge in [0.15, 0.2) is 5.96 Å². The smallest absolute Gasteiger partial charge is 0.193 e. The summed E-state index contributed by atoms with van der Waals surface area (Å²) >= 11 is 0. The van der Waals surface area contributed by atoms with E-state index in [1.54, 1.807) is 0 Å². The molecule has 4 heteroatoms. The lowest BCUT2D eigenvalue weighted by Crippen LogP contribution is -2.42. The van der Waals surface area contributed by atoms with Crippen LogP contribution in [0.1, 0.15) is 23.1 Å². The van der Waals surface area contributed by atoms with Crippen LogP contribution < -0.4 is 5.32 Å². The molecule has 1 aromatic rings. The standard InChI is InChI=1S/C15H23N3O/c1-11-9-13(10-12(2)14(11)19)5-7-17-15-16-6-4-8-18(15)3/h9-10,19H,4-8H2,1-3H3,(H,16,17). The van der Waals surface area contributed by atoms with Crippen molar-refractivity contribution in [3.05, 3.63) is 28.8 Å². The van der Waals surface area contributed by atoms with Crippen LogP contribution in [0.25, 0.3) is 0 Å². The first-order valence-corrected chi connectivity index (χ1v) is 6.86. The summed E-state index contributed by atoms with van der Waals surface area (Å²) in [7, 11) is 2.07. The van der Waals surface area contributed by atoms with Crippen LogP contribution >= 0.6 is 0 Å². The molecule has 1 aromatic carbocycles. The number of benzene rings is 1. The molecule has 0 radical (unpaired) electrons. The van der Waals surface area contributed by atoms with Crippen molar-refractivity contribution in [2.45, 2.75) is 26.7 Å². The number of phenolic OH excluding ortho intramolecular Hbond substituents is 1. The summed E-state index contributed by atoms with van der Waals surface area (Å²) in [5.41, 5.74) is 3.14. The van der Waals surface area contributed by atoms with E-state index in [-0.39, 0.29) is 0 Å². The van der Waals surface area contributed by atoms with E-state index >= 15 is 0 Å². The maximum Gasteiger partial charge on any atom is 0.193 e. The summed E-state index contributed by atoms with van der Waals surface area (Å²) in [5, 5.41) is 13.1.